The Morgan fingerprint density at radius 3 is 2.37 bits per heavy atom. The van der Waals surface area contributed by atoms with E-state index in [-0.39, 0.29) is 21.6 Å². The molecule has 0 bridgehead atoms. The zero-order valence-electron chi connectivity index (χ0n) is 15.7. The van der Waals surface area contributed by atoms with Crippen molar-refractivity contribution < 1.29 is 23.1 Å². The van der Waals surface area contributed by atoms with Gasteiger partial charge in [-0.2, -0.15) is 0 Å². The molecular weight excluding hydrogens is 434 g/mol. The van der Waals surface area contributed by atoms with Crippen molar-refractivity contribution in [3.8, 4) is 0 Å². The first-order valence-corrected chi connectivity index (χ1v) is 10.4. The second-order valence-corrected chi connectivity index (χ2v) is 8.24. The van der Waals surface area contributed by atoms with Crippen molar-refractivity contribution in [2.75, 3.05) is 37.7 Å². The summed E-state index contributed by atoms with van der Waals surface area (Å²) in [5.74, 6) is -1.72. The van der Waals surface area contributed by atoms with Gasteiger partial charge in [0, 0.05) is 42.0 Å². The monoisotopic (exact) mass is 450 g/mol. The number of carbonyl (C=O) groups is 2. The summed E-state index contributed by atoms with van der Waals surface area (Å²) >= 11 is 7.24. The number of nitrogens with zero attached hydrogens (tertiary/aromatic N) is 2. The standard InChI is InChI=1S/C21H17ClF2N2O3S/c22-19-16-6-3-14(24)11-17(16)30-20(19)21(28)29-12-18(27)26-9-7-25(8-10-26)15-4-1-13(23)2-5-15/h1-6,11H,7-10,12H2. The number of hydrogen-bond donors (Lipinski definition) is 0. The topological polar surface area (TPSA) is 49.9 Å². The number of halogens is 3. The van der Waals surface area contributed by atoms with Gasteiger partial charge in [-0.1, -0.05) is 11.6 Å². The van der Waals surface area contributed by atoms with Crippen LogP contribution < -0.4 is 4.90 Å². The Morgan fingerprint density at radius 2 is 1.67 bits per heavy atom. The minimum atomic E-state index is -0.708. The number of ether oxygens (including phenoxy) is 1. The number of hydrogen-bond acceptors (Lipinski definition) is 5. The summed E-state index contributed by atoms with van der Waals surface area (Å²) in [6.45, 7) is 1.74. The van der Waals surface area contributed by atoms with Crippen molar-refractivity contribution in [2.45, 2.75) is 0 Å². The highest BCUT2D eigenvalue weighted by molar-refractivity contribution is 7.21. The summed E-state index contributed by atoms with van der Waals surface area (Å²) < 4.78 is 32.1. The van der Waals surface area contributed by atoms with Gasteiger partial charge in [-0.05, 0) is 42.5 Å². The van der Waals surface area contributed by atoms with Crippen LogP contribution in [-0.2, 0) is 9.53 Å². The van der Waals surface area contributed by atoms with E-state index in [0.717, 1.165) is 17.0 Å². The number of anilines is 1. The molecule has 0 unspecified atom stereocenters. The molecule has 4 rings (SSSR count). The normalized spacial score (nSPS) is 14.2. The van der Waals surface area contributed by atoms with E-state index in [1.54, 1.807) is 17.0 Å². The number of carbonyl (C=O) groups excluding carboxylic acids is 2. The third kappa shape index (κ3) is 4.24. The highest BCUT2D eigenvalue weighted by atomic mass is 35.5. The summed E-state index contributed by atoms with van der Waals surface area (Å²) in [6, 6.07) is 10.3. The second kappa shape index (κ2) is 8.57. The van der Waals surface area contributed by atoms with Crippen molar-refractivity contribution in [3.63, 3.8) is 0 Å². The van der Waals surface area contributed by atoms with Crippen LogP contribution in [0.15, 0.2) is 42.5 Å². The van der Waals surface area contributed by atoms with Gasteiger partial charge in [0.05, 0.1) is 5.02 Å². The van der Waals surface area contributed by atoms with E-state index >= 15 is 0 Å². The molecule has 1 saturated heterocycles. The highest BCUT2D eigenvalue weighted by Gasteiger charge is 2.24. The Balaban J connectivity index is 1.32. The van der Waals surface area contributed by atoms with Crippen LogP contribution in [-0.4, -0.2) is 49.6 Å². The van der Waals surface area contributed by atoms with Crippen LogP contribution in [0.3, 0.4) is 0 Å². The smallest absolute Gasteiger partial charge is 0.350 e. The average Bonchev–Trinajstić information content (AvgIpc) is 3.08. The van der Waals surface area contributed by atoms with Crippen LogP contribution in [0.5, 0.6) is 0 Å². The molecule has 0 radical (unpaired) electrons. The van der Waals surface area contributed by atoms with Crippen molar-refractivity contribution in [2.24, 2.45) is 0 Å². The number of rotatable bonds is 4. The lowest BCUT2D eigenvalue weighted by Gasteiger charge is -2.36. The summed E-state index contributed by atoms with van der Waals surface area (Å²) in [5.41, 5.74) is 0.894. The maximum atomic E-state index is 13.4. The first-order valence-electron chi connectivity index (χ1n) is 9.25. The molecule has 0 spiro atoms. The molecule has 1 aliphatic rings. The second-order valence-electron chi connectivity index (χ2n) is 6.81. The average molecular weight is 451 g/mol. The van der Waals surface area contributed by atoms with Gasteiger partial charge in [-0.25, -0.2) is 13.6 Å². The highest BCUT2D eigenvalue weighted by Crippen LogP contribution is 2.36. The summed E-state index contributed by atoms with van der Waals surface area (Å²) in [7, 11) is 0. The Hall–Kier alpha value is -2.71. The Bertz CT molecular complexity index is 1100. The fourth-order valence-electron chi connectivity index (χ4n) is 3.32. The fraction of sp³-hybridized carbons (Fsp3) is 0.238. The van der Waals surface area contributed by atoms with E-state index in [4.69, 9.17) is 16.3 Å². The van der Waals surface area contributed by atoms with Crippen LogP contribution in [0.1, 0.15) is 9.67 Å². The van der Waals surface area contributed by atoms with Crippen LogP contribution in [0, 0.1) is 11.6 Å². The van der Waals surface area contributed by atoms with Gasteiger partial charge in [0.1, 0.15) is 16.5 Å². The van der Waals surface area contributed by atoms with Crippen LogP contribution in [0.4, 0.5) is 14.5 Å². The third-order valence-corrected chi connectivity index (χ3v) is 6.57. The number of amides is 1. The van der Waals surface area contributed by atoms with E-state index in [0.29, 0.717) is 36.3 Å². The Labute approximate surface area is 180 Å². The molecule has 1 aliphatic heterocycles. The van der Waals surface area contributed by atoms with Crippen LogP contribution >= 0.6 is 22.9 Å². The number of benzene rings is 2. The SMILES string of the molecule is O=C(OCC(=O)N1CCN(c2ccc(F)cc2)CC1)c1sc2cc(F)ccc2c1Cl. The molecule has 5 nitrogen and oxygen atoms in total. The summed E-state index contributed by atoms with van der Waals surface area (Å²) in [4.78, 5) is 28.6. The molecule has 2 heterocycles. The van der Waals surface area contributed by atoms with Gasteiger partial charge in [-0.3, -0.25) is 4.79 Å². The lowest BCUT2D eigenvalue weighted by atomic mass is 10.2. The molecule has 0 N–H and O–H groups in total. The van der Waals surface area contributed by atoms with E-state index in [1.165, 1.54) is 30.3 Å². The van der Waals surface area contributed by atoms with Gasteiger partial charge >= 0.3 is 5.97 Å². The van der Waals surface area contributed by atoms with E-state index in [1.807, 2.05) is 0 Å². The molecule has 3 aromatic rings. The maximum absolute atomic E-state index is 13.4. The molecular formula is C21H17ClF2N2O3S. The van der Waals surface area contributed by atoms with Crippen molar-refractivity contribution in [1.29, 1.82) is 0 Å². The van der Waals surface area contributed by atoms with E-state index < -0.39 is 18.4 Å². The third-order valence-electron chi connectivity index (χ3n) is 4.93. The van der Waals surface area contributed by atoms with Gasteiger partial charge in [0.25, 0.3) is 5.91 Å². The largest absolute Gasteiger partial charge is 0.451 e. The number of piperazine rings is 1. The summed E-state index contributed by atoms with van der Waals surface area (Å²) in [5, 5.41) is 0.763. The number of esters is 1. The van der Waals surface area contributed by atoms with Crippen LogP contribution in [0.25, 0.3) is 10.1 Å². The zero-order chi connectivity index (χ0) is 21.3. The quantitative estimate of drug-likeness (QED) is 0.555. The minimum absolute atomic E-state index is 0.145. The number of thiophene rings is 1. The van der Waals surface area contributed by atoms with Gasteiger partial charge in [-0.15, -0.1) is 11.3 Å². The van der Waals surface area contributed by atoms with Crippen molar-refractivity contribution in [1.82, 2.24) is 4.90 Å². The van der Waals surface area contributed by atoms with Gasteiger partial charge < -0.3 is 14.5 Å². The lowest BCUT2D eigenvalue weighted by molar-refractivity contribution is -0.134. The van der Waals surface area contributed by atoms with Gasteiger partial charge in [0.15, 0.2) is 6.61 Å². The fourth-order valence-corrected chi connectivity index (χ4v) is 4.75. The van der Waals surface area contributed by atoms with Crippen molar-refractivity contribution >= 4 is 50.6 Å². The first-order chi connectivity index (χ1) is 14.4. The molecule has 0 saturated carbocycles. The Kier molecular flexibility index (Phi) is 5.87. The molecule has 30 heavy (non-hydrogen) atoms. The molecule has 0 aliphatic carbocycles. The first kappa shape index (κ1) is 20.6. The molecule has 1 fully saturated rings. The molecule has 1 aromatic heterocycles. The Morgan fingerprint density at radius 1 is 1.00 bits per heavy atom. The van der Waals surface area contributed by atoms with Crippen molar-refractivity contribution in [3.05, 3.63) is 64.0 Å². The molecule has 2 aromatic carbocycles. The molecule has 1 amide bonds. The lowest BCUT2D eigenvalue weighted by Crippen LogP contribution is -2.49. The predicted octanol–water partition coefficient (Wildman–Crippen LogP) is 4.34. The molecule has 9 heteroatoms. The predicted molar refractivity (Wildman–Crippen MR) is 112 cm³/mol. The molecule has 156 valence electrons. The molecule has 0 atom stereocenters. The van der Waals surface area contributed by atoms with E-state index in [9.17, 15) is 18.4 Å². The number of fused-ring (bicyclic) bond motifs is 1. The summed E-state index contributed by atoms with van der Waals surface area (Å²) in [6.07, 6.45) is 0. The van der Waals surface area contributed by atoms with E-state index in [2.05, 4.69) is 4.90 Å². The zero-order valence-corrected chi connectivity index (χ0v) is 17.3. The minimum Gasteiger partial charge on any atom is -0.451 e. The maximum Gasteiger partial charge on any atom is 0.350 e. The van der Waals surface area contributed by atoms with Gasteiger partial charge in [0.2, 0.25) is 0 Å². The van der Waals surface area contributed by atoms with Crippen LogP contribution in [0.2, 0.25) is 5.02 Å².